The molecular formula is C24H31N3O. The van der Waals surface area contributed by atoms with Gasteiger partial charge in [-0.3, -0.25) is 4.79 Å². The molecule has 0 atom stereocenters. The maximum Gasteiger partial charge on any atom is 0.228 e. The molecule has 4 nitrogen and oxygen atoms in total. The van der Waals surface area contributed by atoms with Crippen LogP contribution in [0.25, 0.3) is 16.9 Å². The second kappa shape index (κ2) is 8.59. The van der Waals surface area contributed by atoms with Crippen molar-refractivity contribution in [1.82, 2.24) is 14.3 Å². The summed E-state index contributed by atoms with van der Waals surface area (Å²) in [6, 6.07) is 10.6. The van der Waals surface area contributed by atoms with E-state index in [9.17, 15) is 4.79 Å². The van der Waals surface area contributed by atoms with E-state index in [4.69, 9.17) is 4.98 Å². The summed E-state index contributed by atoms with van der Waals surface area (Å²) in [5.41, 5.74) is 7.52. The van der Waals surface area contributed by atoms with Crippen LogP contribution in [0.5, 0.6) is 0 Å². The first-order chi connectivity index (χ1) is 13.4. The SMILES string of the molecule is CCCCN(CC)C(=O)Cc1c(-c2ccc(C)c(C)c2)nc2cc(C)ccn12. The van der Waals surface area contributed by atoms with E-state index in [1.54, 1.807) is 0 Å². The van der Waals surface area contributed by atoms with E-state index >= 15 is 0 Å². The van der Waals surface area contributed by atoms with E-state index in [0.717, 1.165) is 48.5 Å². The molecule has 0 spiro atoms. The Morgan fingerprint density at radius 3 is 2.54 bits per heavy atom. The zero-order valence-corrected chi connectivity index (χ0v) is 17.7. The molecule has 0 bridgehead atoms. The third-order valence-corrected chi connectivity index (χ3v) is 5.50. The fraction of sp³-hybridized carbons (Fsp3) is 0.417. The summed E-state index contributed by atoms with van der Waals surface area (Å²) in [6.07, 6.45) is 4.53. The van der Waals surface area contributed by atoms with Crippen LogP contribution in [0.15, 0.2) is 36.5 Å². The van der Waals surface area contributed by atoms with Crippen molar-refractivity contribution in [1.29, 1.82) is 0 Å². The highest BCUT2D eigenvalue weighted by Gasteiger charge is 2.20. The minimum Gasteiger partial charge on any atom is -0.343 e. The number of imidazole rings is 1. The maximum atomic E-state index is 13.0. The number of aryl methyl sites for hydroxylation is 3. The first kappa shape index (κ1) is 20.1. The van der Waals surface area contributed by atoms with Gasteiger partial charge in [0.15, 0.2) is 0 Å². The van der Waals surface area contributed by atoms with Gasteiger partial charge >= 0.3 is 0 Å². The van der Waals surface area contributed by atoms with E-state index in [1.807, 2.05) is 11.1 Å². The number of hydrogen-bond acceptors (Lipinski definition) is 2. The van der Waals surface area contributed by atoms with Crippen LogP contribution in [-0.2, 0) is 11.2 Å². The Balaban J connectivity index is 2.06. The minimum absolute atomic E-state index is 0.170. The molecule has 3 rings (SSSR count). The normalized spacial score (nSPS) is 11.2. The van der Waals surface area contributed by atoms with E-state index in [0.29, 0.717) is 6.42 Å². The number of carbonyl (C=O) groups is 1. The summed E-state index contributed by atoms with van der Waals surface area (Å²) in [5.74, 6) is 0.170. The molecule has 0 N–H and O–H groups in total. The van der Waals surface area contributed by atoms with Crippen molar-refractivity contribution < 1.29 is 4.79 Å². The lowest BCUT2D eigenvalue weighted by atomic mass is 10.0. The van der Waals surface area contributed by atoms with Crippen LogP contribution in [0.3, 0.4) is 0 Å². The minimum atomic E-state index is 0.170. The topological polar surface area (TPSA) is 37.6 Å². The molecule has 0 aliphatic rings. The van der Waals surface area contributed by atoms with Gasteiger partial charge < -0.3 is 9.30 Å². The molecule has 0 radical (unpaired) electrons. The first-order valence-electron chi connectivity index (χ1n) is 10.3. The highest BCUT2D eigenvalue weighted by Crippen LogP contribution is 2.27. The van der Waals surface area contributed by atoms with Crippen molar-refractivity contribution in [3.8, 4) is 11.3 Å². The van der Waals surface area contributed by atoms with Crippen molar-refractivity contribution >= 4 is 11.6 Å². The average Bonchev–Trinajstić information content (AvgIpc) is 3.02. The van der Waals surface area contributed by atoms with Crippen LogP contribution in [-0.4, -0.2) is 33.3 Å². The van der Waals surface area contributed by atoms with Crippen molar-refractivity contribution in [3.63, 3.8) is 0 Å². The predicted molar refractivity (Wildman–Crippen MR) is 116 cm³/mol. The van der Waals surface area contributed by atoms with Gasteiger partial charge in [-0.25, -0.2) is 4.98 Å². The molecule has 3 aromatic rings. The summed E-state index contributed by atoms with van der Waals surface area (Å²) in [6.45, 7) is 12.1. The summed E-state index contributed by atoms with van der Waals surface area (Å²) < 4.78 is 2.07. The molecule has 0 aliphatic heterocycles. The first-order valence-corrected chi connectivity index (χ1v) is 10.3. The summed E-state index contributed by atoms with van der Waals surface area (Å²) in [5, 5.41) is 0. The Morgan fingerprint density at radius 2 is 1.86 bits per heavy atom. The lowest BCUT2D eigenvalue weighted by molar-refractivity contribution is -0.130. The van der Waals surface area contributed by atoms with E-state index < -0.39 is 0 Å². The Kier molecular flexibility index (Phi) is 6.18. The number of pyridine rings is 1. The van der Waals surface area contributed by atoms with Crippen molar-refractivity contribution in [2.75, 3.05) is 13.1 Å². The fourth-order valence-corrected chi connectivity index (χ4v) is 3.55. The van der Waals surface area contributed by atoms with Gasteiger partial charge in [-0.15, -0.1) is 0 Å². The fourth-order valence-electron chi connectivity index (χ4n) is 3.55. The van der Waals surface area contributed by atoms with E-state index in [-0.39, 0.29) is 5.91 Å². The van der Waals surface area contributed by atoms with Gasteiger partial charge in [0.2, 0.25) is 5.91 Å². The van der Waals surface area contributed by atoms with Crippen LogP contribution >= 0.6 is 0 Å². The van der Waals surface area contributed by atoms with Crippen LogP contribution in [0.4, 0.5) is 0 Å². The number of hydrogen-bond donors (Lipinski definition) is 0. The average molecular weight is 378 g/mol. The third kappa shape index (κ3) is 4.11. The van der Waals surface area contributed by atoms with Crippen LogP contribution in [0.2, 0.25) is 0 Å². The van der Waals surface area contributed by atoms with Crippen molar-refractivity contribution in [2.45, 2.75) is 53.9 Å². The number of nitrogens with zero attached hydrogens (tertiary/aromatic N) is 3. The standard InChI is InChI=1S/C24H31N3O/c1-6-8-12-26(7-2)23(28)16-21-24(20-10-9-18(4)19(5)15-20)25-22-14-17(3)11-13-27(21)22/h9-11,13-15H,6-8,12,16H2,1-5H3. The number of amides is 1. The molecule has 28 heavy (non-hydrogen) atoms. The molecule has 2 heterocycles. The van der Waals surface area contributed by atoms with Gasteiger partial charge in [-0.05, 0) is 69.0 Å². The quantitative estimate of drug-likeness (QED) is 0.573. The van der Waals surface area contributed by atoms with Gasteiger partial charge in [-0.1, -0.05) is 25.5 Å². The molecule has 1 aromatic carbocycles. The number of likely N-dealkylation sites (N-methyl/N-ethyl adjacent to an activating group) is 1. The van der Waals surface area contributed by atoms with Gasteiger partial charge in [0.05, 0.1) is 17.8 Å². The van der Waals surface area contributed by atoms with E-state index in [2.05, 4.69) is 69.4 Å². The number of rotatable bonds is 7. The third-order valence-electron chi connectivity index (χ3n) is 5.50. The van der Waals surface area contributed by atoms with Crippen molar-refractivity contribution in [2.24, 2.45) is 0 Å². The summed E-state index contributed by atoms with van der Waals surface area (Å²) in [7, 11) is 0. The zero-order valence-electron chi connectivity index (χ0n) is 17.7. The summed E-state index contributed by atoms with van der Waals surface area (Å²) in [4.78, 5) is 19.9. The molecule has 0 saturated carbocycles. The Labute approximate surface area is 168 Å². The van der Waals surface area contributed by atoms with Gasteiger partial charge in [-0.2, -0.15) is 0 Å². The molecule has 1 amide bonds. The Hall–Kier alpha value is -2.62. The summed E-state index contributed by atoms with van der Waals surface area (Å²) >= 11 is 0. The lowest BCUT2D eigenvalue weighted by Crippen LogP contribution is -2.33. The number of fused-ring (bicyclic) bond motifs is 1. The van der Waals surface area contributed by atoms with Crippen molar-refractivity contribution in [3.05, 3.63) is 58.9 Å². The smallest absolute Gasteiger partial charge is 0.228 e. The maximum absolute atomic E-state index is 13.0. The van der Waals surface area contributed by atoms with Gasteiger partial charge in [0, 0.05) is 24.8 Å². The molecule has 148 valence electrons. The second-order valence-corrected chi connectivity index (χ2v) is 7.64. The molecule has 0 fully saturated rings. The predicted octanol–water partition coefficient (Wildman–Crippen LogP) is 5.12. The van der Waals surface area contributed by atoms with Gasteiger partial charge in [0.25, 0.3) is 0 Å². The van der Waals surface area contributed by atoms with E-state index in [1.165, 1.54) is 16.7 Å². The monoisotopic (exact) mass is 377 g/mol. The zero-order chi connectivity index (χ0) is 20.3. The second-order valence-electron chi connectivity index (χ2n) is 7.64. The molecule has 2 aromatic heterocycles. The Bertz CT molecular complexity index is 987. The molecule has 0 unspecified atom stereocenters. The number of unbranched alkanes of at least 4 members (excludes halogenated alkanes) is 1. The van der Waals surface area contributed by atoms with Crippen LogP contribution in [0, 0.1) is 20.8 Å². The lowest BCUT2D eigenvalue weighted by Gasteiger charge is -2.21. The van der Waals surface area contributed by atoms with Crippen LogP contribution < -0.4 is 0 Å². The molecule has 0 aliphatic carbocycles. The number of benzene rings is 1. The highest BCUT2D eigenvalue weighted by atomic mass is 16.2. The largest absolute Gasteiger partial charge is 0.343 e. The highest BCUT2D eigenvalue weighted by molar-refractivity contribution is 5.82. The molecular weight excluding hydrogens is 346 g/mol. The molecule has 0 saturated heterocycles. The molecule has 4 heteroatoms. The Morgan fingerprint density at radius 1 is 1.07 bits per heavy atom. The van der Waals surface area contributed by atoms with Gasteiger partial charge in [0.1, 0.15) is 5.65 Å². The number of aromatic nitrogens is 2. The van der Waals surface area contributed by atoms with Crippen LogP contribution in [0.1, 0.15) is 49.1 Å². The number of carbonyl (C=O) groups excluding carboxylic acids is 1.